The van der Waals surface area contributed by atoms with Crippen molar-refractivity contribution in [3.63, 3.8) is 0 Å². The van der Waals surface area contributed by atoms with E-state index in [0.29, 0.717) is 38.9 Å². The van der Waals surface area contributed by atoms with E-state index in [1.54, 1.807) is 14.0 Å². The molecule has 1 aliphatic rings. The van der Waals surface area contributed by atoms with E-state index >= 15 is 0 Å². The minimum absolute atomic E-state index is 0.193. The van der Waals surface area contributed by atoms with E-state index in [9.17, 15) is 9.59 Å². The average Bonchev–Trinajstić information content (AvgIpc) is 3.34. The molecule has 0 unspecified atom stereocenters. The summed E-state index contributed by atoms with van der Waals surface area (Å²) in [4.78, 5) is 33.0. The van der Waals surface area contributed by atoms with Crippen molar-refractivity contribution in [1.29, 1.82) is 0 Å². The highest BCUT2D eigenvalue weighted by atomic mass is 32.1. The van der Waals surface area contributed by atoms with Crippen LogP contribution in [-0.4, -0.2) is 32.7 Å². The molecule has 2 N–H and O–H groups in total. The van der Waals surface area contributed by atoms with Crippen LogP contribution in [-0.2, 0) is 6.42 Å². The van der Waals surface area contributed by atoms with Crippen LogP contribution < -0.4 is 10.9 Å². The second kappa shape index (κ2) is 6.68. The Bertz CT molecular complexity index is 1030. The molecule has 136 valence electrons. The monoisotopic (exact) mass is 371 g/mol. The van der Waals surface area contributed by atoms with E-state index in [1.165, 1.54) is 37.0 Å². The third-order valence-electron chi connectivity index (χ3n) is 4.99. The van der Waals surface area contributed by atoms with Crippen molar-refractivity contribution >= 4 is 27.5 Å². The van der Waals surface area contributed by atoms with Crippen molar-refractivity contribution < 1.29 is 4.79 Å². The van der Waals surface area contributed by atoms with Gasteiger partial charge in [0.05, 0.1) is 28.4 Å². The van der Waals surface area contributed by atoms with Gasteiger partial charge in [0.15, 0.2) is 0 Å². The van der Waals surface area contributed by atoms with Gasteiger partial charge in [-0.15, -0.1) is 11.3 Å². The average molecular weight is 371 g/mol. The van der Waals surface area contributed by atoms with Crippen LogP contribution in [0.4, 0.5) is 0 Å². The lowest BCUT2D eigenvalue weighted by atomic mass is 10.2. The summed E-state index contributed by atoms with van der Waals surface area (Å²) in [6.07, 6.45) is 7.36. The molecular formula is C18H21N5O2S. The maximum atomic E-state index is 12.5. The topological polar surface area (TPSA) is 92.7 Å². The SMILES string of the molecule is CNC(=O)c1sc2nc(Cc3ccn(C4CCCC4)n3)[nH]c(=O)c2c1C. The molecule has 0 bridgehead atoms. The normalized spacial score (nSPS) is 15.0. The van der Waals surface area contributed by atoms with Gasteiger partial charge < -0.3 is 10.3 Å². The fourth-order valence-corrected chi connectivity index (χ4v) is 4.76. The number of hydrogen-bond donors (Lipinski definition) is 2. The number of carbonyl (C=O) groups is 1. The molecule has 0 radical (unpaired) electrons. The van der Waals surface area contributed by atoms with Crippen LogP contribution in [0.3, 0.4) is 0 Å². The van der Waals surface area contributed by atoms with Crippen LogP contribution in [0.2, 0.25) is 0 Å². The smallest absolute Gasteiger partial charge is 0.261 e. The Hall–Kier alpha value is -2.48. The van der Waals surface area contributed by atoms with Crippen molar-refractivity contribution in [1.82, 2.24) is 25.1 Å². The summed E-state index contributed by atoms with van der Waals surface area (Å²) < 4.78 is 2.04. The fraction of sp³-hybridized carbons (Fsp3) is 0.444. The number of nitrogens with zero attached hydrogens (tertiary/aromatic N) is 3. The highest BCUT2D eigenvalue weighted by Gasteiger charge is 2.20. The molecule has 3 aromatic rings. The van der Waals surface area contributed by atoms with Gasteiger partial charge in [-0.2, -0.15) is 5.10 Å². The maximum absolute atomic E-state index is 12.5. The van der Waals surface area contributed by atoms with Crippen LogP contribution >= 0.6 is 11.3 Å². The predicted molar refractivity (Wildman–Crippen MR) is 101 cm³/mol. The largest absolute Gasteiger partial charge is 0.354 e. The van der Waals surface area contributed by atoms with Gasteiger partial charge in [0.1, 0.15) is 10.7 Å². The minimum Gasteiger partial charge on any atom is -0.354 e. The summed E-state index contributed by atoms with van der Waals surface area (Å²) in [5.41, 5.74) is 1.36. The first-order valence-corrected chi connectivity index (χ1v) is 9.67. The summed E-state index contributed by atoms with van der Waals surface area (Å²) in [7, 11) is 1.58. The molecule has 3 aromatic heterocycles. The highest BCUT2D eigenvalue weighted by Crippen LogP contribution is 2.29. The highest BCUT2D eigenvalue weighted by molar-refractivity contribution is 7.20. The molecule has 4 rings (SSSR count). The number of fused-ring (bicyclic) bond motifs is 1. The van der Waals surface area contributed by atoms with Gasteiger partial charge >= 0.3 is 0 Å². The van der Waals surface area contributed by atoms with E-state index in [-0.39, 0.29) is 11.5 Å². The summed E-state index contributed by atoms with van der Waals surface area (Å²) in [5, 5.41) is 7.75. The van der Waals surface area contributed by atoms with Crippen molar-refractivity contribution in [3.05, 3.63) is 44.6 Å². The van der Waals surface area contributed by atoms with Gasteiger partial charge in [0, 0.05) is 13.2 Å². The number of thiophene rings is 1. The summed E-state index contributed by atoms with van der Waals surface area (Å²) in [6, 6.07) is 2.48. The van der Waals surface area contributed by atoms with Crippen molar-refractivity contribution in [2.24, 2.45) is 0 Å². The van der Waals surface area contributed by atoms with Crippen LogP contribution in [0, 0.1) is 6.92 Å². The predicted octanol–water partition coefficient (Wildman–Crippen LogP) is 2.56. The maximum Gasteiger partial charge on any atom is 0.261 e. The number of carbonyl (C=O) groups excluding carboxylic acids is 1. The molecule has 0 atom stereocenters. The molecule has 3 heterocycles. The number of nitrogens with one attached hydrogen (secondary N) is 2. The summed E-state index contributed by atoms with van der Waals surface area (Å²) in [6.45, 7) is 1.78. The number of amides is 1. The van der Waals surface area contributed by atoms with Gasteiger partial charge in [-0.3, -0.25) is 14.3 Å². The van der Waals surface area contributed by atoms with Crippen LogP contribution in [0.1, 0.15) is 58.5 Å². The van der Waals surface area contributed by atoms with E-state index in [2.05, 4.69) is 20.4 Å². The number of aryl methyl sites for hydroxylation is 1. The number of hydrogen-bond acceptors (Lipinski definition) is 5. The number of H-pyrrole nitrogens is 1. The Morgan fingerprint density at radius 3 is 2.92 bits per heavy atom. The molecule has 1 fully saturated rings. The Morgan fingerprint density at radius 1 is 1.42 bits per heavy atom. The zero-order valence-corrected chi connectivity index (χ0v) is 15.7. The first-order valence-electron chi connectivity index (χ1n) is 8.85. The van der Waals surface area contributed by atoms with Crippen LogP contribution in [0.5, 0.6) is 0 Å². The zero-order chi connectivity index (χ0) is 18.3. The lowest BCUT2D eigenvalue weighted by Crippen LogP contribution is -2.17. The Kier molecular flexibility index (Phi) is 4.36. The summed E-state index contributed by atoms with van der Waals surface area (Å²) >= 11 is 1.25. The van der Waals surface area contributed by atoms with Crippen molar-refractivity contribution in [3.8, 4) is 0 Å². The van der Waals surface area contributed by atoms with Gasteiger partial charge in [-0.1, -0.05) is 12.8 Å². The number of aromatic nitrogens is 4. The van der Waals surface area contributed by atoms with Crippen LogP contribution in [0.25, 0.3) is 10.2 Å². The van der Waals surface area contributed by atoms with E-state index < -0.39 is 0 Å². The molecule has 8 heteroatoms. The first-order chi connectivity index (χ1) is 12.6. The Morgan fingerprint density at radius 2 is 2.19 bits per heavy atom. The third-order valence-corrected chi connectivity index (χ3v) is 6.18. The second-order valence-electron chi connectivity index (χ2n) is 6.73. The number of rotatable bonds is 4. The Balaban J connectivity index is 1.65. The molecule has 1 aliphatic carbocycles. The van der Waals surface area contributed by atoms with E-state index in [0.717, 1.165) is 5.69 Å². The molecule has 0 aliphatic heterocycles. The second-order valence-corrected chi connectivity index (χ2v) is 7.73. The standard InChI is InChI=1S/C18H21N5O2S/c1-10-14-16(24)20-13(21-18(14)26-15(10)17(25)19-2)9-11-7-8-23(22-11)12-5-3-4-6-12/h7-8,12H,3-6,9H2,1-2H3,(H,19,25)(H,20,21,24). The zero-order valence-electron chi connectivity index (χ0n) is 14.8. The molecule has 0 spiro atoms. The van der Waals surface area contributed by atoms with Gasteiger partial charge in [0.2, 0.25) is 0 Å². The van der Waals surface area contributed by atoms with Gasteiger partial charge in [0.25, 0.3) is 11.5 Å². The van der Waals surface area contributed by atoms with Gasteiger partial charge in [-0.05, 0) is 31.4 Å². The molecule has 0 aromatic carbocycles. The summed E-state index contributed by atoms with van der Waals surface area (Å²) in [5.74, 6) is 0.380. The van der Waals surface area contributed by atoms with E-state index in [4.69, 9.17) is 0 Å². The lowest BCUT2D eigenvalue weighted by Gasteiger charge is -2.08. The van der Waals surface area contributed by atoms with Gasteiger partial charge in [-0.25, -0.2) is 4.98 Å². The fourth-order valence-electron chi connectivity index (χ4n) is 3.62. The van der Waals surface area contributed by atoms with E-state index in [1.807, 2.05) is 16.9 Å². The van der Waals surface area contributed by atoms with Crippen molar-refractivity contribution in [2.75, 3.05) is 7.05 Å². The van der Waals surface area contributed by atoms with Crippen molar-refractivity contribution in [2.45, 2.75) is 45.1 Å². The quantitative estimate of drug-likeness (QED) is 0.737. The molecule has 7 nitrogen and oxygen atoms in total. The minimum atomic E-state index is -0.205. The molecule has 0 saturated heterocycles. The molecule has 1 saturated carbocycles. The first kappa shape index (κ1) is 17.0. The third kappa shape index (κ3) is 2.94. The Labute approximate surface area is 154 Å². The molecular weight excluding hydrogens is 350 g/mol. The lowest BCUT2D eigenvalue weighted by molar-refractivity contribution is 0.0966. The number of aromatic amines is 1. The van der Waals surface area contributed by atoms with Crippen LogP contribution in [0.15, 0.2) is 17.1 Å². The molecule has 26 heavy (non-hydrogen) atoms. The molecule has 1 amide bonds.